The van der Waals surface area contributed by atoms with Crippen molar-refractivity contribution in [1.82, 2.24) is 15.0 Å². The predicted molar refractivity (Wildman–Crippen MR) is 74.9 cm³/mol. The van der Waals surface area contributed by atoms with Gasteiger partial charge >= 0.3 is 0 Å². The van der Waals surface area contributed by atoms with Crippen LogP contribution in [0.5, 0.6) is 0 Å². The lowest BCUT2D eigenvalue weighted by Crippen LogP contribution is -2.28. The molecule has 0 saturated heterocycles. The van der Waals surface area contributed by atoms with Gasteiger partial charge in [0.25, 0.3) is 0 Å². The molecular formula is C14H19N5. The predicted octanol–water partition coefficient (Wildman–Crippen LogP) is 1.19. The number of nitrogens with two attached hydrogens (primary N) is 1. The van der Waals surface area contributed by atoms with Gasteiger partial charge in [0.1, 0.15) is 5.69 Å². The molecule has 1 aliphatic heterocycles. The normalized spacial score (nSPS) is 14.5. The van der Waals surface area contributed by atoms with Gasteiger partial charge in [-0.15, -0.1) is 5.10 Å². The van der Waals surface area contributed by atoms with E-state index in [1.165, 1.54) is 24.1 Å². The standard InChI is InChI=1S/C14H19N5/c15-7-9-19-11-13(16-17-19)10-18-8-3-5-12-4-1-2-6-14(12)18/h1-2,4,6,11H,3,5,7-10,15H2. The minimum Gasteiger partial charge on any atom is -0.365 e. The van der Waals surface area contributed by atoms with Gasteiger partial charge in [-0.25, -0.2) is 0 Å². The lowest BCUT2D eigenvalue weighted by atomic mass is 10.0. The Bertz CT molecular complexity index is 548. The molecule has 100 valence electrons. The molecule has 5 nitrogen and oxygen atoms in total. The SMILES string of the molecule is NCCn1cc(CN2CCCc3ccccc32)nn1. The lowest BCUT2D eigenvalue weighted by molar-refractivity contribution is 0.598. The molecule has 3 rings (SSSR count). The second-order valence-corrected chi connectivity index (χ2v) is 4.92. The fourth-order valence-electron chi connectivity index (χ4n) is 2.62. The molecule has 1 aliphatic rings. The zero-order valence-corrected chi connectivity index (χ0v) is 11.0. The number of rotatable bonds is 4. The van der Waals surface area contributed by atoms with E-state index in [0.29, 0.717) is 6.54 Å². The summed E-state index contributed by atoms with van der Waals surface area (Å²) < 4.78 is 1.81. The molecule has 2 N–H and O–H groups in total. The van der Waals surface area contributed by atoms with Crippen LogP contribution in [-0.4, -0.2) is 28.1 Å². The van der Waals surface area contributed by atoms with E-state index in [9.17, 15) is 0 Å². The summed E-state index contributed by atoms with van der Waals surface area (Å²) in [6.45, 7) is 3.22. The van der Waals surface area contributed by atoms with Crippen LogP contribution in [-0.2, 0) is 19.5 Å². The molecule has 19 heavy (non-hydrogen) atoms. The Morgan fingerprint density at radius 1 is 1.26 bits per heavy atom. The molecule has 2 heterocycles. The zero-order valence-electron chi connectivity index (χ0n) is 11.0. The van der Waals surface area contributed by atoms with Crippen molar-refractivity contribution in [3.8, 4) is 0 Å². The first-order chi connectivity index (χ1) is 9.36. The highest BCUT2D eigenvalue weighted by atomic mass is 15.4. The zero-order chi connectivity index (χ0) is 13.1. The number of aromatic nitrogens is 3. The monoisotopic (exact) mass is 257 g/mol. The quantitative estimate of drug-likeness (QED) is 0.894. The first kappa shape index (κ1) is 12.2. The molecule has 0 bridgehead atoms. The summed E-state index contributed by atoms with van der Waals surface area (Å²) in [6, 6.07) is 8.62. The van der Waals surface area contributed by atoms with Crippen LogP contribution in [0.1, 0.15) is 17.7 Å². The first-order valence-electron chi connectivity index (χ1n) is 6.79. The van der Waals surface area contributed by atoms with E-state index in [1.54, 1.807) is 0 Å². The maximum Gasteiger partial charge on any atom is 0.102 e. The average Bonchev–Trinajstić information content (AvgIpc) is 2.87. The number of benzene rings is 1. The molecule has 1 aromatic carbocycles. The molecule has 0 unspecified atom stereocenters. The van der Waals surface area contributed by atoms with Gasteiger partial charge in [-0.05, 0) is 24.5 Å². The van der Waals surface area contributed by atoms with E-state index in [-0.39, 0.29) is 0 Å². The van der Waals surface area contributed by atoms with E-state index in [4.69, 9.17) is 5.73 Å². The van der Waals surface area contributed by atoms with Crippen LogP contribution >= 0.6 is 0 Å². The van der Waals surface area contributed by atoms with Crippen LogP contribution in [0.25, 0.3) is 0 Å². The van der Waals surface area contributed by atoms with Crippen molar-refractivity contribution >= 4 is 5.69 Å². The van der Waals surface area contributed by atoms with Crippen LogP contribution in [0, 0.1) is 0 Å². The van der Waals surface area contributed by atoms with Crippen LogP contribution in [0.15, 0.2) is 30.5 Å². The van der Waals surface area contributed by atoms with Gasteiger partial charge in [0.15, 0.2) is 0 Å². The number of hydrogen-bond donors (Lipinski definition) is 1. The molecule has 0 radical (unpaired) electrons. The van der Waals surface area contributed by atoms with Crippen molar-refractivity contribution in [3.63, 3.8) is 0 Å². The van der Waals surface area contributed by atoms with Gasteiger partial charge in [-0.1, -0.05) is 23.4 Å². The number of anilines is 1. The summed E-state index contributed by atoms with van der Waals surface area (Å²) in [5.74, 6) is 0. The second-order valence-electron chi connectivity index (χ2n) is 4.92. The van der Waals surface area contributed by atoms with Crippen molar-refractivity contribution in [1.29, 1.82) is 0 Å². The molecular weight excluding hydrogens is 238 g/mol. The molecule has 2 aromatic rings. The van der Waals surface area contributed by atoms with Crippen molar-refractivity contribution in [2.75, 3.05) is 18.0 Å². The highest BCUT2D eigenvalue weighted by Gasteiger charge is 2.17. The first-order valence-corrected chi connectivity index (χ1v) is 6.79. The van der Waals surface area contributed by atoms with Crippen molar-refractivity contribution < 1.29 is 0 Å². The molecule has 0 fully saturated rings. The molecule has 0 amide bonds. The minimum absolute atomic E-state index is 0.593. The minimum atomic E-state index is 0.593. The lowest BCUT2D eigenvalue weighted by Gasteiger charge is -2.30. The fraction of sp³-hybridized carbons (Fsp3) is 0.429. The number of para-hydroxylation sites is 1. The van der Waals surface area contributed by atoms with Crippen LogP contribution in [0.4, 0.5) is 5.69 Å². The third kappa shape index (κ3) is 2.61. The maximum absolute atomic E-state index is 5.52. The number of hydrogen-bond acceptors (Lipinski definition) is 4. The number of nitrogens with zero attached hydrogens (tertiary/aromatic N) is 4. The van der Waals surface area contributed by atoms with Crippen molar-refractivity contribution in [3.05, 3.63) is 41.7 Å². The molecule has 5 heteroatoms. The Morgan fingerprint density at radius 3 is 3.05 bits per heavy atom. The Hall–Kier alpha value is -1.88. The van der Waals surface area contributed by atoms with Gasteiger partial charge in [0.2, 0.25) is 0 Å². The summed E-state index contributed by atoms with van der Waals surface area (Å²) in [5, 5.41) is 8.30. The van der Waals surface area contributed by atoms with E-state index in [0.717, 1.165) is 25.3 Å². The molecule has 0 atom stereocenters. The van der Waals surface area contributed by atoms with E-state index >= 15 is 0 Å². The van der Waals surface area contributed by atoms with Crippen molar-refractivity contribution in [2.45, 2.75) is 25.9 Å². The molecule has 0 aliphatic carbocycles. The van der Waals surface area contributed by atoms with Gasteiger partial charge in [0, 0.05) is 18.8 Å². The Labute approximate surface area is 113 Å². The summed E-state index contributed by atoms with van der Waals surface area (Å²) >= 11 is 0. The van der Waals surface area contributed by atoms with Crippen LogP contribution < -0.4 is 10.6 Å². The van der Waals surface area contributed by atoms with Gasteiger partial charge in [0.05, 0.1) is 19.3 Å². The third-order valence-corrected chi connectivity index (χ3v) is 3.50. The topological polar surface area (TPSA) is 60.0 Å². The number of aryl methyl sites for hydroxylation is 1. The Morgan fingerprint density at radius 2 is 2.16 bits per heavy atom. The highest BCUT2D eigenvalue weighted by Crippen LogP contribution is 2.27. The average molecular weight is 257 g/mol. The van der Waals surface area contributed by atoms with E-state index in [2.05, 4.69) is 39.5 Å². The van der Waals surface area contributed by atoms with Gasteiger partial charge in [-0.3, -0.25) is 4.68 Å². The third-order valence-electron chi connectivity index (χ3n) is 3.50. The summed E-state index contributed by atoms with van der Waals surface area (Å²) in [4.78, 5) is 2.38. The Kier molecular flexibility index (Phi) is 3.46. The Balaban J connectivity index is 1.76. The largest absolute Gasteiger partial charge is 0.365 e. The molecule has 0 saturated carbocycles. The second kappa shape index (κ2) is 5.40. The van der Waals surface area contributed by atoms with E-state index in [1.807, 2.05) is 10.9 Å². The van der Waals surface area contributed by atoms with Gasteiger partial charge < -0.3 is 10.6 Å². The number of fused-ring (bicyclic) bond motifs is 1. The fourth-order valence-corrected chi connectivity index (χ4v) is 2.62. The highest BCUT2D eigenvalue weighted by molar-refractivity contribution is 5.55. The van der Waals surface area contributed by atoms with Crippen molar-refractivity contribution in [2.24, 2.45) is 5.73 Å². The molecule has 0 spiro atoms. The molecule has 1 aromatic heterocycles. The van der Waals surface area contributed by atoms with Gasteiger partial charge in [-0.2, -0.15) is 0 Å². The van der Waals surface area contributed by atoms with Crippen LogP contribution in [0.3, 0.4) is 0 Å². The smallest absolute Gasteiger partial charge is 0.102 e. The maximum atomic E-state index is 5.52. The van der Waals surface area contributed by atoms with E-state index < -0.39 is 0 Å². The van der Waals surface area contributed by atoms with Crippen LogP contribution in [0.2, 0.25) is 0 Å². The summed E-state index contributed by atoms with van der Waals surface area (Å²) in [7, 11) is 0. The summed E-state index contributed by atoms with van der Waals surface area (Å²) in [5.41, 5.74) is 9.29. The summed E-state index contributed by atoms with van der Waals surface area (Å²) in [6.07, 6.45) is 4.37.